The van der Waals surface area contributed by atoms with Crippen LogP contribution in [0.15, 0.2) is 24.5 Å². The van der Waals surface area contributed by atoms with E-state index in [4.69, 9.17) is 4.74 Å². The molecule has 0 aromatic carbocycles. The molecule has 2 N–H and O–H groups in total. The summed E-state index contributed by atoms with van der Waals surface area (Å²) in [5, 5.41) is 6.00. The Bertz CT molecular complexity index is 382. The van der Waals surface area contributed by atoms with Gasteiger partial charge in [-0.3, -0.25) is 9.78 Å². The molecule has 0 radical (unpaired) electrons. The highest BCUT2D eigenvalue weighted by molar-refractivity contribution is 5.78. The summed E-state index contributed by atoms with van der Waals surface area (Å²) in [4.78, 5) is 15.9. The number of ether oxygens (including phenoxy) is 1. The van der Waals surface area contributed by atoms with Crippen molar-refractivity contribution >= 4 is 5.91 Å². The lowest BCUT2D eigenvalue weighted by atomic mass is 9.89. The van der Waals surface area contributed by atoms with Crippen LogP contribution in [0.25, 0.3) is 0 Å². The van der Waals surface area contributed by atoms with E-state index in [1.165, 1.54) is 0 Å². The van der Waals surface area contributed by atoms with Crippen molar-refractivity contribution in [3.8, 4) is 0 Å². The number of carbonyl (C=O) groups is 1. The van der Waals surface area contributed by atoms with Gasteiger partial charge in [0.25, 0.3) is 0 Å². The van der Waals surface area contributed by atoms with Gasteiger partial charge in [0.1, 0.15) is 0 Å². The molecule has 1 heterocycles. The highest BCUT2D eigenvalue weighted by Crippen LogP contribution is 2.22. The van der Waals surface area contributed by atoms with Gasteiger partial charge in [0, 0.05) is 38.5 Å². The zero-order chi connectivity index (χ0) is 14.8. The summed E-state index contributed by atoms with van der Waals surface area (Å²) in [6, 6.07) is 3.99. The van der Waals surface area contributed by atoms with Crippen LogP contribution in [0.2, 0.25) is 0 Å². The van der Waals surface area contributed by atoms with E-state index in [-0.39, 0.29) is 11.8 Å². The van der Waals surface area contributed by atoms with Crippen LogP contribution in [0, 0.1) is 5.92 Å². The summed E-state index contributed by atoms with van der Waals surface area (Å²) in [7, 11) is 1.64. The number of methoxy groups -OCH3 is 1. The molecule has 0 aliphatic carbocycles. The molecule has 5 nitrogen and oxygen atoms in total. The Morgan fingerprint density at radius 1 is 1.45 bits per heavy atom. The van der Waals surface area contributed by atoms with Crippen LogP contribution in [-0.4, -0.2) is 44.2 Å². The standard InChI is InChI=1S/C15H25N3O2/c1-12(2)14(13-5-4-6-16-9-13)10-18-15(19)11-17-7-8-20-3/h4-6,9,12,14,17H,7-8,10-11H2,1-3H3,(H,18,19). The molecule has 0 fully saturated rings. The van der Waals surface area contributed by atoms with E-state index in [1.807, 2.05) is 12.3 Å². The Morgan fingerprint density at radius 2 is 2.25 bits per heavy atom. The van der Waals surface area contributed by atoms with Crippen LogP contribution in [0.3, 0.4) is 0 Å². The maximum absolute atomic E-state index is 11.7. The molecule has 20 heavy (non-hydrogen) atoms. The number of carbonyl (C=O) groups excluding carboxylic acids is 1. The number of pyridine rings is 1. The van der Waals surface area contributed by atoms with Gasteiger partial charge in [0.05, 0.1) is 13.2 Å². The Labute approximate surface area is 121 Å². The summed E-state index contributed by atoms with van der Waals surface area (Å²) in [5.74, 6) is 0.739. The average Bonchev–Trinajstić information content (AvgIpc) is 2.44. The van der Waals surface area contributed by atoms with Crippen molar-refractivity contribution in [3.05, 3.63) is 30.1 Å². The smallest absolute Gasteiger partial charge is 0.233 e. The van der Waals surface area contributed by atoms with E-state index >= 15 is 0 Å². The fourth-order valence-corrected chi connectivity index (χ4v) is 2.00. The first-order chi connectivity index (χ1) is 9.65. The average molecular weight is 279 g/mol. The molecule has 112 valence electrons. The molecule has 0 aliphatic heterocycles. The lowest BCUT2D eigenvalue weighted by Crippen LogP contribution is -2.37. The molecular weight excluding hydrogens is 254 g/mol. The minimum Gasteiger partial charge on any atom is -0.383 e. The maximum atomic E-state index is 11.7. The SMILES string of the molecule is COCCNCC(=O)NCC(c1cccnc1)C(C)C. The second-order valence-corrected chi connectivity index (χ2v) is 5.11. The molecular formula is C15H25N3O2. The third-order valence-corrected chi connectivity index (χ3v) is 3.20. The van der Waals surface area contributed by atoms with Crippen molar-refractivity contribution in [2.75, 3.05) is 33.4 Å². The molecule has 5 heteroatoms. The molecule has 0 saturated heterocycles. The largest absolute Gasteiger partial charge is 0.383 e. The summed E-state index contributed by atoms with van der Waals surface area (Å²) in [6.07, 6.45) is 3.63. The van der Waals surface area contributed by atoms with Gasteiger partial charge in [-0.05, 0) is 17.5 Å². The van der Waals surface area contributed by atoms with Gasteiger partial charge in [0.2, 0.25) is 5.91 Å². The molecule has 0 bridgehead atoms. The van der Waals surface area contributed by atoms with Gasteiger partial charge >= 0.3 is 0 Å². The number of nitrogens with one attached hydrogen (secondary N) is 2. The lowest BCUT2D eigenvalue weighted by molar-refractivity contribution is -0.120. The van der Waals surface area contributed by atoms with Gasteiger partial charge in [-0.15, -0.1) is 0 Å². The summed E-state index contributed by atoms with van der Waals surface area (Å²) < 4.78 is 4.91. The topological polar surface area (TPSA) is 63.2 Å². The molecule has 1 aromatic heterocycles. The predicted molar refractivity (Wildman–Crippen MR) is 79.6 cm³/mol. The number of amides is 1. The van der Waals surface area contributed by atoms with Crippen molar-refractivity contribution < 1.29 is 9.53 Å². The molecule has 1 amide bonds. The fourth-order valence-electron chi connectivity index (χ4n) is 2.00. The Morgan fingerprint density at radius 3 is 2.85 bits per heavy atom. The lowest BCUT2D eigenvalue weighted by Gasteiger charge is -2.21. The van der Waals surface area contributed by atoms with Gasteiger partial charge in [-0.1, -0.05) is 19.9 Å². The first-order valence-electron chi connectivity index (χ1n) is 7.01. The Kier molecular flexibility index (Phi) is 7.84. The Hall–Kier alpha value is -1.46. The molecule has 1 atom stereocenters. The van der Waals surface area contributed by atoms with Crippen molar-refractivity contribution in [3.63, 3.8) is 0 Å². The minimum absolute atomic E-state index is 0.00985. The zero-order valence-electron chi connectivity index (χ0n) is 12.6. The van der Waals surface area contributed by atoms with Crippen molar-refractivity contribution in [1.82, 2.24) is 15.6 Å². The third kappa shape index (κ3) is 6.12. The highest BCUT2D eigenvalue weighted by Gasteiger charge is 2.16. The van der Waals surface area contributed by atoms with Gasteiger partial charge < -0.3 is 15.4 Å². The minimum atomic E-state index is 0.00985. The highest BCUT2D eigenvalue weighted by atomic mass is 16.5. The summed E-state index contributed by atoms with van der Waals surface area (Å²) >= 11 is 0. The number of hydrogen-bond donors (Lipinski definition) is 2. The third-order valence-electron chi connectivity index (χ3n) is 3.20. The van der Waals surface area contributed by atoms with Crippen LogP contribution in [0.4, 0.5) is 0 Å². The van der Waals surface area contributed by atoms with E-state index in [1.54, 1.807) is 13.3 Å². The second kappa shape index (κ2) is 9.44. The molecule has 1 rings (SSSR count). The monoisotopic (exact) mass is 279 g/mol. The quantitative estimate of drug-likeness (QED) is 0.666. The molecule has 1 aromatic rings. The van der Waals surface area contributed by atoms with E-state index < -0.39 is 0 Å². The molecule has 0 aliphatic rings. The normalized spacial score (nSPS) is 12.4. The van der Waals surface area contributed by atoms with Crippen LogP contribution in [-0.2, 0) is 9.53 Å². The van der Waals surface area contributed by atoms with Gasteiger partial charge in [-0.2, -0.15) is 0 Å². The summed E-state index contributed by atoms with van der Waals surface area (Å²) in [6.45, 7) is 6.55. The first kappa shape index (κ1) is 16.6. The number of nitrogens with zero attached hydrogens (tertiary/aromatic N) is 1. The van der Waals surface area contributed by atoms with Crippen LogP contribution >= 0.6 is 0 Å². The van der Waals surface area contributed by atoms with E-state index in [9.17, 15) is 4.79 Å². The summed E-state index contributed by atoms with van der Waals surface area (Å²) in [5.41, 5.74) is 1.16. The molecule has 1 unspecified atom stereocenters. The van der Waals surface area contributed by atoms with Crippen molar-refractivity contribution in [2.45, 2.75) is 19.8 Å². The van der Waals surface area contributed by atoms with E-state index in [0.29, 0.717) is 32.2 Å². The zero-order valence-corrected chi connectivity index (χ0v) is 12.6. The number of rotatable bonds is 9. The second-order valence-electron chi connectivity index (χ2n) is 5.11. The van der Waals surface area contributed by atoms with Crippen LogP contribution in [0.5, 0.6) is 0 Å². The molecule has 0 spiro atoms. The van der Waals surface area contributed by atoms with E-state index in [0.717, 1.165) is 5.56 Å². The first-order valence-corrected chi connectivity index (χ1v) is 7.01. The maximum Gasteiger partial charge on any atom is 0.233 e. The van der Waals surface area contributed by atoms with Crippen molar-refractivity contribution in [2.24, 2.45) is 5.92 Å². The van der Waals surface area contributed by atoms with Gasteiger partial charge in [0.15, 0.2) is 0 Å². The fraction of sp³-hybridized carbons (Fsp3) is 0.600. The predicted octanol–water partition coefficient (Wildman–Crippen LogP) is 1.17. The number of aromatic nitrogens is 1. The van der Waals surface area contributed by atoms with Crippen molar-refractivity contribution in [1.29, 1.82) is 0 Å². The van der Waals surface area contributed by atoms with Crippen LogP contribution < -0.4 is 10.6 Å². The number of hydrogen-bond acceptors (Lipinski definition) is 4. The van der Waals surface area contributed by atoms with Gasteiger partial charge in [-0.25, -0.2) is 0 Å². The van der Waals surface area contributed by atoms with Crippen LogP contribution in [0.1, 0.15) is 25.3 Å². The Balaban J connectivity index is 2.38. The molecule has 0 saturated carbocycles. The van der Waals surface area contributed by atoms with E-state index in [2.05, 4.69) is 35.5 Å².